The highest BCUT2D eigenvalue weighted by Crippen LogP contribution is 2.12. The van der Waals surface area contributed by atoms with Crippen LogP contribution < -0.4 is 0 Å². The summed E-state index contributed by atoms with van der Waals surface area (Å²) in [4.78, 5) is 37.4. The Morgan fingerprint density at radius 1 is 1.38 bits per heavy atom. The Balaban J connectivity index is 2.82. The zero-order chi connectivity index (χ0) is 15.8. The monoisotopic (exact) mass is 304 g/mol. The van der Waals surface area contributed by atoms with Crippen molar-refractivity contribution in [3.63, 3.8) is 0 Å². The Bertz CT molecular complexity index is 388. The standard InChI is InChI=1S/C12H20N2O7/c1-19-5-3-13(7-10(15)16)12(18)14-4-6-21-8-9(14)11(17)20-2/h9H,3-8H2,1-2H3,(H,15,16). The molecule has 0 spiro atoms. The molecule has 1 heterocycles. The molecule has 1 saturated heterocycles. The van der Waals surface area contributed by atoms with Crippen LogP contribution in [0.1, 0.15) is 0 Å². The Morgan fingerprint density at radius 3 is 2.67 bits per heavy atom. The average Bonchev–Trinajstić information content (AvgIpc) is 2.49. The van der Waals surface area contributed by atoms with E-state index in [1.165, 1.54) is 19.1 Å². The van der Waals surface area contributed by atoms with E-state index in [1.807, 2.05) is 0 Å². The molecule has 21 heavy (non-hydrogen) atoms. The largest absolute Gasteiger partial charge is 0.480 e. The van der Waals surface area contributed by atoms with Crippen molar-refractivity contribution in [3.8, 4) is 0 Å². The molecule has 120 valence electrons. The summed E-state index contributed by atoms with van der Waals surface area (Å²) in [6.07, 6.45) is 0. The number of morpholine rings is 1. The van der Waals surface area contributed by atoms with Gasteiger partial charge >= 0.3 is 18.0 Å². The first kappa shape index (κ1) is 17.2. The highest BCUT2D eigenvalue weighted by molar-refractivity contribution is 5.85. The van der Waals surface area contributed by atoms with Gasteiger partial charge in [-0.2, -0.15) is 0 Å². The van der Waals surface area contributed by atoms with Crippen LogP contribution in [0.4, 0.5) is 4.79 Å². The van der Waals surface area contributed by atoms with Crippen LogP contribution in [0.5, 0.6) is 0 Å². The molecule has 0 aromatic heterocycles. The molecule has 0 aliphatic carbocycles. The Labute approximate surface area is 122 Å². The van der Waals surface area contributed by atoms with Gasteiger partial charge in [-0.15, -0.1) is 0 Å². The summed E-state index contributed by atoms with van der Waals surface area (Å²) in [6, 6.07) is -1.41. The molecule has 1 atom stereocenters. The lowest BCUT2D eigenvalue weighted by molar-refractivity contribution is -0.151. The number of methoxy groups -OCH3 is 2. The number of hydrogen-bond donors (Lipinski definition) is 1. The van der Waals surface area contributed by atoms with E-state index in [9.17, 15) is 14.4 Å². The van der Waals surface area contributed by atoms with Crippen molar-refractivity contribution in [2.45, 2.75) is 6.04 Å². The van der Waals surface area contributed by atoms with Crippen LogP contribution in [0.2, 0.25) is 0 Å². The molecule has 0 saturated carbocycles. The average molecular weight is 304 g/mol. The fourth-order valence-electron chi connectivity index (χ4n) is 1.95. The maximum absolute atomic E-state index is 12.4. The van der Waals surface area contributed by atoms with Gasteiger partial charge in [0.2, 0.25) is 0 Å². The number of ether oxygens (including phenoxy) is 3. The molecule has 0 aromatic rings. The van der Waals surface area contributed by atoms with Crippen molar-refractivity contribution in [1.82, 2.24) is 9.80 Å². The van der Waals surface area contributed by atoms with E-state index in [4.69, 9.17) is 14.6 Å². The van der Waals surface area contributed by atoms with Crippen LogP contribution >= 0.6 is 0 Å². The molecule has 0 bridgehead atoms. The number of rotatable bonds is 6. The molecule has 1 rings (SSSR count). The molecule has 1 N–H and O–H groups in total. The molecule has 1 unspecified atom stereocenters. The number of aliphatic carboxylic acids is 1. The van der Waals surface area contributed by atoms with Crippen LogP contribution in [0, 0.1) is 0 Å². The molecule has 1 aliphatic heterocycles. The lowest BCUT2D eigenvalue weighted by Crippen LogP contribution is -2.57. The second-order valence-electron chi connectivity index (χ2n) is 4.40. The smallest absolute Gasteiger partial charge is 0.331 e. The number of esters is 1. The highest BCUT2D eigenvalue weighted by Gasteiger charge is 2.36. The first-order chi connectivity index (χ1) is 10.0. The number of carbonyl (C=O) groups excluding carboxylic acids is 2. The van der Waals surface area contributed by atoms with E-state index in [1.54, 1.807) is 0 Å². The highest BCUT2D eigenvalue weighted by atomic mass is 16.5. The Hall–Kier alpha value is -1.87. The van der Waals surface area contributed by atoms with Crippen LogP contribution in [-0.2, 0) is 23.8 Å². The molecular formula is C12H20N2O7. The van der Waals surface area contributed by atoms with Crippen molar-refractivity contribution in [1.29, 1.82) is 0 Å². The summed E-state index contributed by atoms with van der Waals surface area (Å²) in [5, 5.41) is 8.88. The topological polar surface area (TPSA) is 106 Å². The van der Waals surface area contributed by atoms with Gasteiger partial charge in [0.15, 0.2) is 6.04 Å². The first-order valence-corrected chi connectivity index (χ1v) is 6.43. The lowest BCUT2D eigenvalue weighted by atomic mass is 10.2. The van der Waals surface area contributed by atoms with Crippen LogP contribution in [0.15, 0.2) is 0 Å². The lowest BCUT2D eigenvalue weighted by Gasteiger charge is -2.36. The number of urea groups is 1. The number of carboxylic acid groups (broad SMARTS) is 1. The quantitative estimate of drug-likeness (QED) is 0.628. The fraction of sp³-hybridized carbons (Fsp3) is 0.750. The predicted octanol–water partition coefficient (Wildman–Crippen LogP) is -0.987. The predicted molar refractivity (Wildman–Crippen MR) is 69.8 cm³/mol. The second kappa shape index (κ2) is 8.42. The number of carboxylic acids is 1. The van der Waals surface area contributed by atoms with Crippen molar-refractivity contribution < 1.29 is 33.7 Å². The van der Waals surface area contributed by atoms with E-state index in [0.717, 1.165) is 4.90 Å². The SMILES string of the molecule is COCCN(CC(=O)O)C(=O)N1CCOCC1C(=O)OC. The molecule has 1 aliphatic rings. The third-order valence-electron chi connectivity index (χ3n) is 3.01. The molecule has 0 radical (unpaired) electrons. The van der Waals surface area contributed by atoms with Gasteiger partial charge in [-0.3, -0.25) is 4.79 Å². The van der Waals surface area contributed by atoms with E-state index >= 15 is 0 Å². The second-order valence-corrected chi connectivity index (χ2v) is 4.40. The number of nitrogens with zero attached hydrogens (tertiary/aromatic N) is 2. The Kier molecular flexibility index (Phi) is 6.89. The van der Waals surface area contributed by atoms with Gasteiger partial charge < -0.3 is 29.1 Å². The van der Waals surface area contributed by atoms with Crippen molar-refractivity contribution in [2.75, 3.05) is 53.7 Å². The minimum Gasteiger partial charge on any atom is -0.480 e. The zero-order valence-corrected chi connectivity index (χ0v) is 12.1. The number of amides is 2. The number of hydrogen-bond acceptors (Lipinski definition) is 6. The maximum atomic E-state index is 12.4. The minimum absolute atomic E-state index is 0.0314. The summed E-state index contributed by atoms with van der Waals surface area (Å²) in [5.41, 5.74) is 0. The first-order valence-electron chi connectivity index (χ1n) is 6.43. The molecule has 9 heteroatoms. The van der Waals surface area contributed by atoms with Crippen LogP contribution in [-0.4, -0.2) is 92.6 Å². The summed E-state index contributed by atoms with van der Waals surface area (Å²) in [6.45, 7) is 0.363. The van der Waals surface area contributed by atoms with Crippen LogP contribution in [0.25, 0.3) is 0 Å². The summed E-state index contributed by atoms with van der Waals surface area (Å²) in [5.74, 6) is -1.73. The molecule has 0 aromatic carbocycles. The van der Waals surface area contributed by atoms with Gasteiger partial charge in [0.25, 0.3) is 0 Å². The maximum Gasteiger partial charge on any atom is 0.331 e. The molecule has 2 amide bonds. The zero-order valence-electron chi connectivity index (χ0n) is 12.1. The third kappa shape index (κ3) is 4.87. The summed E-state index contributed by atoms with van der Waals surface area (Å²) < 4.78 is 14.7. The van der Waals surface area contributed by atoms with E-state index < -0.39 is 30.6 Å². The molecule has 9 nitrogen and oxygen atoms in total. The van der Waals surface area contributed by atoms with Gasteiger partial charge in [0.1, 0.15) is 6.54 Å². The normalized spacial score (nSPS) is 18.2. The molecule has 1 fully saturated rings. The van der Waals surface area contributed by atoms with Gasteiger partial charge in [0, 0.05) is 20.2 Å². The van der Waals surface area contributed by atoms with E-state index in [0.29, 0.717) is 0 Å². The summed E-state index contributed by atoms with van der Waals surface area (Å²) in [7, 11) is 2.68. The van der Waals surface area contributed by atoms with Crippen LogP contribution in [0.3, 0.4) is 0 Å². The van der Waals surface area contributed by atoms with Crippen molar-refractivity contribution in [2.24, 2.45) is 0 Å². The summed E-state index contributed by atoms with van der Waals surface area (Å²) >= 11 is 0. The van der Waals surface area contributed by atoms with Gasteiger partial charge in [-0.25, -0.2) is 9.59 Å². The number of carbonyl (C=O) groups is 3. The minimum atomic E-state index is -1.14. The van der Waals surface area contributed by atoms with Gasteiger partial charge in [-0.05, 0) is 0 Å². The van der Waals surface area contributed by atoms with Crippen molar-refractivity contribution >= 4 is 18.0 Å². The van der Waals surface area contributed by atoms with E-state index in [-0.39, 0.29) is 32.9 Å². The third-order valence-corrected chi connectivity index (χ3v) is 3.01. The molecular weight excluding hydrogens is 284 g/mol. The van der Waals surface area contributed by atoms with E-state index in [2.05, 4.69) is 4.74 Å². The van der Waals surface area contributed by atoms with Gasteiger partial charge in [0.05, 0.1) is 26.9 Å². The Morgan fingerprint density at radius 2 is 2.10 bits per heavy atom. The van der Waals surface area contributed by atoms with Gasteiger partial charge in [-0.1, -0.05) is 0 Å². The van der Waals surface area contributed by atoms with Crippen molar-refractivity contribution in [3.05, 3.63) is 0 Å². The fourth-order valence-corrected chi connectivity index (χ4v) is 1.95.